The lowest BCUT2D eigenvalue weighted by Gasteiger charge is -2.36. The van der Waals surface area contributed by atoms with Crippen LogP contribution in [-0.2, 0) is 11.2 Å². The Morgan fingerprint density at radius 1 is 1.12 bits per heavy atom. The zero-order valence-electron chi connectivity index (χ0n) is 14.5. The van der Waals surface area contributed by atoms with E-state index < -0.39 is 0 Å². The second kappa shape index (κ2) is 8.48. The zero-order valence-corrected chi connectivity index (χ0v) is 15.4. The van der Waals surface area contributed by atoms with E-state index in [0.29, 0.717) is 12.3 Å². The van der Waals surface area contributed by atoms with E-state index in [1.165, 1.54) is 41.7 Å². The van der Waals surface area contributed by atoms with Crippen molar-refractivity contribution in [3.05, 3.63) is 57.8 Å². The van der Waals surface area contributed by atoms with Gasteiger partial charge in [-0.25, -0.2) is 0 Å². The van der Waals surface area contributed by atoms with Crippen LogP contribution < -0.4 is 0 Å². The normalized spacial score (nSPS) is 16.9. The summed E-state index contributed by atoms with van der Waals surface area (Å²) in [6.45, 7) is 3.07. The molecule has 1 aliphatic rings. The summed E-state index contributed by atoms with van der Waals surface area (Å²) in [4.78, 5) is 16.4. The van der Waals surface area contributed by atoms with E-state index in [1.807, 2.05) is 17.4 Å². The third-order valence-electron chi connectivity index (χ3n) is 4.90. The van der Waals surface area contributed by atoms with Crippen LogP contribution >= 0.6 is 11.3 Å². The Hall–Kier alpha value is -1.61. The third kappa shape index (κ3) is 3.89. The Labute approximate surface area is 149 Å². The molecule has 0 N–H and O–H groups in total. The monoisotopic (exact) mass is 341 g/mol. The second-order valence-electron chi connectivity index (χ2n) is 6.61. The van der Waals surface area contributed by atoms with Gasteiger partial charge >= 0.3 is 0 Å². The summed E-state index contributed by atoms with van der Waals surface area (Å²) >= 11 is 1.83. The molecular formula is C21H27NOS. The molecule has 1 atom stereocenters. The Balaban J connectivity index is 1.73. The molecule has 128 valence electrons. The van der Waals surface area contributed by atoms with Crippen molar-refractivity contribution in [3.8, 4) is 0 Å². The Kier molecular flexibility index (Phi) is 6.08. The van der Waals surface area contributed by atoms with Gasteiger partial charge in [0.15, 0.2) is 0 Å². The maximum atomic E-state index is 12.9. The number of amides is 1. The molecule has 3 heteroatoms. The summed E-state index contributed by atoms with van der Waals surface area (Å²) in [6.07, 6.45) is 7.66. The van der Waals surface area contributed by atoms with Crippen LogP contribution in [0.4, 0.5) is 0 Å². The van der Waals surface area contributed by atoms with Crippen LogP contribution in [0, 0.1) is 0 Å². The molecule has 1 unspecified atom stereocenters. The summed E-state index contributed by atoms with van der Waals surface area (Å²) in [5, 5.41) is 2.17. The van der Waals surface area contributed by atoms with E-state index >= 15 is 0 Å². The highest BCUT2D eigenvalue weighted by Gasteiger charge is 2.32. The minimum Gasteiger partial charge on any atom is -0.331 e. The molecule has 1 amide bonds. The largest absolute Gasteiger partial charge is 0.331 e. The van der Waals surface area contributed by atoms with E-state index in [0.717, 1.165) is 19.4 Å². The molecule has 1 aliphatic heterocycles. The summed E-state index contributed by atoms with van der Waals surface area (Å²) in [5.74, 6) is 0.317. The Morgan fingerprint density at radius 2 is 1.92 bits per heavy atom. The van der Waals surface area contributed by atoms with Crippen molar-refractivity contribution in [2.75, 3.05) is 6.54 Å². The quantitative estimate of drug-likeness (QED) is 0.602. The maximum absolute atomic E-state index is 12.9. The van der Waals surface area contributed by atoms with Crippen LogP contribution in [0.2, 0.25) is 0 Å². The van der Waals surface area contributed by atoms with Gasteiger partial charge in [0.2, 0.25) is 5.91 Å². The Morgan fingerprint density at radius 3 is 2.71 bits per heavy atom. The van der Waals surface area contributed by atoms with Gasteiger partial charge in [-0.15, -0.1) is 11.3 Å². The number of carbonyl (C=O) groups is 1. The second-order valence-corrected chi connectivity index (χ2v) is 7.61. The highest BCUT2D eigenvalue weighted by molar-refractivity contribution is 7.10. The highest BCUT2D eigenvalue weighted by Crippen LogP contribution is 2.38. The predicted octanol–water partition coefficient (Wildman–Crippen LogP) is 5.58. The molecule has 1 aromatic heterocycles. The molecule has 0 radical (unpaired) electrons. The van der Waals surface area contributed by atoms with Crippen LogP contribution in [0.3, 0.4) is 0 Å². The van der Waals surface area contributed by atoms with Crippen molar-refractivity contribution >= 4 is 17.2 Å². The van der Waals surface area contributed by atoms with Crippen molar-refractivity contribution < 1.29 is 4.79 Å². The van der Waals surface area contributed by atoms with Gasteiger partial charge in [0.05, 0.1) is 6.04 Å². The van der Waals surface area contributed by atoms with E-state index in [2.05, 4.69) is 47.5 Å². The topological polar surface area (TPSA) is 20.3 Å². The first kappa shape index (κ1) is 17.2. The number of carbonyl (C=O) groups excluding carboxylic acids is 1. The lowest BCUT2D eigenvalue weighted by molar-refractivity contribution is -0.133. The van der Waals surface area contributed by atoms with Crippen LogP contribution in [0.1, 0.15) is 67.5 Å². The molecule has 0 aliphatic carbocycles. The zero-order chi connectivity index (χ0) is 16.8. The Bertz CT molecular complexity index is 649. The summed E-state index contributed by atoms with van der Waals surface area (Å²) in [7, 11) is 0. The first-order chi connectivity index (χ1) is 11.8. The average molecular weight is 342 g/mol. The minimum atomic E-state index is 0.101. The average Bonchev–Trinajstić information content (AvgIpc) is 3.10. The minimum absolute atomic E-state index is 0.101. The van der Waals surface area contributed by atoms with E-state index in [9.17, 15) is 4.79 Å². The van der Waals surface area contributed by atoms with Gasteiger partial charge in [-0.2, -0.15) is 0 Å². The van der Waals surface area contributed by atoms with E-state index in [-0.39, 0.29) is 6.04 Å². The molecule has 2 heterocycles. The number of nitrogens with zero attached hydrogens (tertiary/aromatic N) is 1. The van der Waals surface area contributed by atoms with Crippen LogP contribution in [0.25, 0.3) is 0 Å². The molecule has 0 saturated heterocycles. The number of hydrogen-bond acceptors (Lipinski definition) is 2. The standard InChI is InChI=1S/C21H27NOS/c1-2-3-4-5-9-12-20(23)22-15-13-19-18(14-16-24-19)21(22)17-10-7-6-8-11-17/h6-8,10-11,14,16,21H,2-5,9,12-13,15H2,1H3. The van der Waals surface area contributed by atoms with Gasteiger partial charge in [0.25, 0.3) is 0 Å². The van der Waals surface area contributed by atoms with Gasteiger partial charge in [0, 0.05) is 17.8 Å². The first-order valence-corrected chi connectivity index (χ1v) is 10.1. The summed E-state index contributed by atoms with van der Waals surface area (Å²) in [6, 6.07) is 12.8. The van der Waals surface area contributed by atoms with Crippen LogP contribution in [0.5, 0.6) is 0 Å². The molecule has 2 aromatic rings. The maximum Gasteiger partial charge on any atom is 0.223 e. The smallest absolute Gasteiger partial charge is 0.223 e. The van der Waals surface area contributed by atoms with Crippen molar-refractivity contribution in [1.29, 1.82) is 0 Å². The van der Waals surface area contributed by atoms with Crippen molar-refractivity contribution in [2.24, 2.45) is 0 Å². The number of unbranched alkanes of at least 4 members (excludes halogenated alkanes) is 4. The van der Waals surface area contributed by atoms with Gasteiger partial charge in [-0.3, -0.25) is 4.79 Å². The van der Waals surface area contributed by atoms with Crippen molar-refractivity contribution in [1.82, 2.24) is 4.90 Å². The number of rotatable bonds is 7. The fourth-order valence-corrected chi connectivity index (χ4v) is 4.51. The molecule has 3 rings (SSSR count). The van der Waals surface area contributed by atoms with Crippen molar-refractivity contribution in [2.45, 2.75) is 57.9 Å². The molecule has 0 spiro atoms. The van der Waals surface area contributed by atoms with Gasteiger partial charge in [-0.05, 0) is 35.4 Å². The van der Waals surface area contributed by atoms with Gasteiger partial charge in [-0.1, -0.05) is 62.9 Å². The van der Waals surface area contributed by atoms with E-state index in [4.69, 9.17) is 0 Å². The molecule has 0 saturated carbocycles. The highest BCUT2D eigenvalue weighted by atomic mass is 32.1. The fraction of sp³-hybridized carbons (Fsp3) is 0.476. The predicted molar refractivity (Wildman–Crippen MR) is 101 cm³/mol. The number of benzene rings is 1. The number of fused-ring (bicyclic) bond motifs is 1. The lowest BCUT2D eigenvalue weighted by atomic mass is 9.93. The SMILES string of the molecule is CCCCCCCC(=O)N1CCc2sccc2C1c1ccccc1. The molecule has 0 fully saturated rings. The molecule has 2 nitrogen and oxygen atoms in total. The molecule has 0 bridgehead atoms. The summed E-state index contributed by atoms with van der Waals surface area (Å²) in [5.41, 5.74) is 2.56. The fourth-order valence-electron chi connectivity index (χ4n) is 3.60. The summed E-state index contributed by atoms with van der Waals surface area (Å²) < 4.78 is 0. The molecule has 24 heavy (non-hydrogen) atoms. The van der Waals surface area contributed by atoms with Crippen LogP contribution in [-0.4, -0.2) is 17.4 Å². The lowest BCUT2D eigenvalue weighted by Crippen LogP contribution is -2.39. The van der Waals surface area contributed by atoms with Gasteiger partial charge < -0.3 is 4.90 Å². The van der Waals surface area contributed by atoms with E-state index in [1.54, 1.807) is 0 Å². The number of hydrogen-bond donors (Lipinski definition) is 0. The third-order valence-corrected chi connectivity index (χ3v) is 5.89. The van der Waals surface area contributed by atoms with Crippen molar-refractivity contribution in [3.63, 3.8) is 0 Å². The first-order valence-electron chi connectivity index (χ1n) is 9.22. The molecule has 1 aromatic carbocycles. The van der Waals surface area contributed by atoms with Crippen LogP contribution in [0.15, 0.2) is 41.8 Å². The van der Waals surface area contributed by atoms with Gasteiger partial charge in [0.1, 0.15) is 0 Å². The molecular weight excluding hydrogens is 314 g/mol. The number of thiophene rings is 1.